The topological polar surface area (TPSA) is 88.2 Å². The monoisotopic (exact) mass is 479 g/mol. The second-order valence-electron chi connectivity index (χ2n) is 7.75. The number of likely N-dealkylation sites (N-methyl/N-ethyl adjacent to an activating group) is 1. The lowest BCUT2D eigenvalue weighted by atomic mass is 10.1. The van der Waals surface area contributed by atoms with Gasteiger partial charge in [-0.1, -0.05) is 24.6 Å². The van der Waals surface area contributed by atoms with Crippen LogP contribution in [0.4, 0.5) is 5.69 Å². The van der Waals surface area contributed by atoms with Gasteiger partial charge in [0.25, 0.3) is 0 Å². The van der Waals surface area contributed by atoms with E-state index in [9.17, 15) is 13.2 Å². The lowest BCUT2D eigenvalue weighted by Crippen LogP contribution is -2.48. The number of sulfonamides is 1. The smallest absolute Gasteiger partial charge is 0.243 e. The first-order valence-electron chi connectivity index (χ1n) is 10.5. The van der Waals surface area contributed by atoms with E-state index in [-0.39, 0.29) is 24.0 Å². The number of nitrogens with one attached hydrogen (secondary N) is 1. The third-order valence-corrected chi connectivity index (χ3v) is 7.75. The van der Waals surface area contributed by atoms with Crippen molar-refractivity contribution in [2.24, 2.45) is 0 Å². The molecule has 0 saturated carbocycles. The zero-order valence-electron chi connectivity index (χ0n) is 17.8. The molecule has 0 bridgehead atoms. The molecule has 0 radical (unpaired) electrons. The summed E-state index contributed by atoms with van der Waals surface area (Å²) in [5.41, 5.74) is 1.87. The van der Waals surface area contributed by atoms with Crippen molar-refractivity contribution in [1.29, 1.82) is 0 Å². The highest BCUT2D eigenvalue weighted by Gasteiger charge is 2.28. The average molecular weight is 480 g/mol. The fourth-order valence-corrected chi connectivity index (χ4v) is 5.67. The number of benzene rings is 2. The van der Waals surface area contributed by atoms with E-state index in [0.29, 0.717) is 54.8 Å². The number of piperazine rings is 1. The number of halogens is 1. The van der Waals surface area contributed by atoms with Crippen LogP contribution in [0.1, 0.15) is 18.1 Å². The Morgan fingerprint density at radius 3 is 2.69 bits per heavy atom. The molecular weight excluding hydrogens is 454 g/mol. The molecule has 1 N–H and O–H groups in total. The number of ether oxygens (including phenoxy) is 2. The summed E-state index contributed by atoms with van der Waals surface area (Å²) in [6.45, 7) is 5.80. The zero-order chi connectivity index (χ0) is 22.7. The summed E-state index contributed by atoms with van der Waals surface area (Å²) in [5, 5.41) is 3.29. The number of fused-ring (bicyclic) bond motifs is 1. The van der Waals surface area contributed by atoms with E-state index in [1.807, 2.05) is 0 Å². The summed E-state index contributed by atoms with van der Waals surface area (Å²) >= 11 is 6.17. The Hall–Kier alpha value is -2.17. The molecule has 1 saturated heterocycles. The molecule has 0 aromatic heterocycles. The molecule has 4 rings (SSSR count). The van der Waals surface area contributed by atoms with Crippen LogP contribution in [-0.4, -0.2) is 63.0 Å². The Balaban J connectivity index is 1.46. The fourth-order valence-electron chi connectivity index (χ4n) is 3.94. The number of amides is 1. The standard InChI is InChI=1S/C22H26ClN3O5S/c1-2-25-6-8-26(9-7-25)32(28,29)20-5-3-4-19(13-20)24-21(27)12-16-10-18(23)11-17-14-30-15-31-22(16)17/h3-5,10-11,13H,2,6-9,12,14-15H2,1H3,(H,24,27). The van der Waals surface area contributed by atoms with E-state index in [2.05, 4.69) is 17.1 Å². The molecule has 0 spiro atoms. The van der Waals surface area contributed by atoms with Gasteiger partial charge in [0.1, 0.15) is 5.75 Å². The average Bonchev–Trinajstić information content (AvgIpc) is 2.79. The van der Waals surface area contributed by atoms with E-state index < -0.39 is 10.0 Å². The van der Waals surface area contributed by atoms with Crippen LogP contribution in [0.25, 0.3) is 0 Å². The maximum atomic E-state index is 13.1. The number of rotatable bonds is 6. The molecule has 2 aliphatic heterocycles. The van der Waals surface area contributed by atoms with E-state index >= 15 is 0 Å². The molecule has 2 aliphatic rings. The Morgan fingerprint density at radius 2 is 1.94 bits per heavy atom. The van der Waals surface area contributed by atoms with Gasteiger partial charge in [0, 0.05) is 48.0 Å². The van der Waals surface area contributed by atoms with Crippen LogP contribution in [0.5, 0.6) is 5.75 Å². The fraction of sp³-hybridized carbons (Fsp3) is 0.409. The maximum Gasteiger partial charge on any atom is 0.243 e. The number of carbonyl (C=O) groups is 1. The minimum absolute atomic E-state index is 0.0405. The molecule has 1 fully saturated rings. The van der Waals surface area contributed by atoms with Gasteiger partial charge in [-0.05, 0) is 36.9 Å². The normalized spacial score (nSPS) is 17.4. The molecule has 2 aromatic rings. The Kier molecular flexibility index (Phi) is 7.02. The lowest BCUT2D eigenvalue weighted by molar-refractivity contribution is -0.115. The second kappa shape index (κ2) is 9.76. The summed E-state index contributed by atoms with van der Waals surface area (Å²) in [7, 11) is -3.62. The maximum absolute atomic E-state index is 13.1. The van der Waals surface area contributed by atoms with Crippen LogP contribution in [0.3, 0.4) is 0 Å². The highest BCUT2D eigenvalue weighted by molar-refractivity contribution is 7.89. The first-order chi connectivity index (χ1) is 15.4. The molecule has 0 atom stereocenters. The van der Waals surface area contributed by atoms with Crippen molar-refractivity contribution in [2.45, 2.75) is 24.8 Å². The first kappa shape index (κ1) is 23.0. The van der Waals surface area contributed by atoms with E-state index in [1.165, 1.54) is 10.4 Å². The van der Waals surface area contributed by atoms with Crippen molar-refractivity contribution in [3.63, 3.8) is 0 Å². The minimum Gasteiger partial charge on any atom is -0.467 e. The number of carbonyl (C=O) groups excluding carboxylic acids is 1. The van der Waals surface area contributed by atoms with E-state index in [0.717, 1.165) is 12.1 Å². The third-order valence-electron chi connectivity index (χ3n) is 5.64. The Labute approximate surface area is 193 Å². The van der Waals surface area contributed by atoms with Crippen LogP contribution in [-0.2, 0) is 32.6 Å². The van der Waals surface area contributed by atoms with Crippen molar-refractivity contribution in [2.75, 3.05) is 44.8 Å². The highest BCUT2D eigenvalue weighted by atomic mass is 35.5. The molecule has 2 aromatic carbocycles. The summed E-state index contributed by atoms with van der Waals surface area (Å²) in [6.07, 6.45) is 0.0405. The molecule has 32 heavy (non-hydrogen) atoms. The molecule has 10 heteroatoms. The van der Waals surface area contributed by atoms with Crippen LogP contribution in [0.2, 0.25) is 5.02 Å². The van der Waals surface area contributed by atoms with Gasteiger partial charge in [-0.2, -0.15) is 4.31 Å². The van der Waals surface area contributed by atoms with Crippen molar-refractivity contribution in [1.82, 2.24) is 9.21 Å². The molecule has 1 amide bonds. The summed E-state index contributed by atoms with van der Waals surface area (Å²) in [6, 6.07) is 9.81. The van der Waals surface area contributed by atoms with Gasteiger partial charge < -0.3 is 19.7 Å². The van der Waals surface area contributed by atoms with E-state index in [4.69, 9.17) is 21.1 Å². The molecule has 2 heterocycles. The van der Waals surface area contributed by atoms with Gasteiger partial charge in [0.2, 0.25) is 15.9 Å². The molecule has 172 valence electrons. The number of hydrogen-bond acceptors (Lipinski definition) is 6. The van der Waals surface area contributed by atoms with Gasteiger partial charge in [0.15, 0.2) is 6.79 Å². The van der Waals surface area contributed by atoms with Gasteiger partial charge >= 0.3 is 0 Å². The lowest BCUT2D eigenvalue weighted by Gasteiger charge is -2.33. The number of nitrogens with zero attached hydrogens (tertiary/aromatic N) is 2. The van der Waals surface area contributed by atoms with Gasteiger partial charge in [0.05, 0.1) is 17.9 Å². The van der Waals surface area contributed by atoms with Crippen LogP contribution in [0, 0.1) is 0 Å². The van der Waals surface area contributed by atoms with Crippen molar-refractivity contribution in [3.05, 3.63) is 52.5 Å². The largest absolute Gasteiger partial charge is 0.467 e. The first-order valence-corrected chi connectivity index (χ1v) is 12.3. The SMILES string of the molecule is CCN1CCN(S(=O)(=O)c2cccc(NC(=O)Cc3cc(Cl)cc4c3OCOC4)c2)CC1. The molecule has 8 nitrogen and oxygen atoms in total. The predicted molar refractivity (Wildman–Crippen MR) is 121 cm³/mol. The van der Waals surface area contributed by atoms with Gasteiger partial charge in [-0.25, -0.2) is 8.42 Å². The second-order valence-corrected chi connectivity index (χ2v) is 10.1. The summed E-state index contributed by atoms with van der Waals surface area (Å²) in [5.74, 6) is 0.314. The van der Waals surface area contributed by atoms with Crippen LogP contribution < -0.4 is 10.1 Å². The number of anilines is 1. The van der Waals surface area contributed by atoms with Crippen LogP contribution in [0.15, 0.2) is 41.3 Å². The van der Waals surface area contributed by atoms with Crippen LogP contribution >= 0.6 is 11.6 Å². The van der Waals surface area contributed by atoms with Crippen molar-refractivity contribution >= 4 is 33.2 Å². The quantitative estimate of drug-likeness (QED) is 0.685. The summed E-state index contributed by atoms with van der Waals surface area (Å²) < 4.78 is 38.4. The van der Waals surface area contributed by atoms with Gasteiger partial charge in [-0.3, -0.25) is 4.79 Å². The Morgan fingerprint density at radius 1 is 1.16 bits per heavy atom. The van der Waals surface area contributed by atoms with Crippen molar-refractivity contribution in [3.8, 4) is 5.75 Å². The third kappa shape index (κ3) is 5.07. The zero-order valence-corrected chi connectivity index (χ0v) is 19.4. The predicted octanol–water partition coefficient (Wildman–Crippen LogP) is 2.71. The molecule has 0 unspecified atom stereocenters. The van der Waals surface area contributed by atoms with Gasteiger partial charge in [-0.15, -0.1) is 0 Å². The molecular formula is C22H26ClN3O5S. The number of hydrogen-bond donors (Lipinski definition) is 1. The van der Waals surface area contributed by atoms with E-state index in [1.54, 1.807) is 30.3 Å². The minimum atomic E-state index is -3.62. The molecule has 0 aliphatic carbocycles. The summed E-state index contributed by atoms with van der Waals surface area (Å²) in [4.78, 5) is 15.1. The Bertz CT molecular complexity index is 1100. The highest BCUT2D eigenvalue weighted by Crippen LogP contribution is 2.32. The van der Waals surface area contributed by atoms with Crippen molar-refractivity contribution < 1.29 is 22.7 Å².